The van der Waals surface area contributed by atoms with E-state index in [9.17, 15) is 13.2 Å². The number of carbonyl (C=O) groups excluding carboxylic acids is 1. The van der Waals surface area contributed by atoms with Crippen LogP contribution in [-0.2, 0) is 14.8 Å². The molecule has 0 aromatic heterocycles. The number of rotatable bonds is 3. The minimum Gasteiger partial charge on any atom is -0.342 e. The molecule has 26 heavy (non-hydrogen) atoms. The lowest BCUT2D eigenvalue weighted by Crippen LogP contribution is -2.50. The van der Waals surface area contributed by atoms with E-state index >= 15 is 0 Å². The summed E-state index contributed by atoms with van der Waals surface area (Å²) in [7, 11) is -0.957. The van der Waals surface area contributed by atoms with Gasteiger partial charge in [-0.2, -0.15) is 0 Å². The molecule has 1 amide bonds. The number of piperidine rings is 1. The molecule has 148 valence electrons. The van der Waals surface area contributed by atoms with Crippen LogP contribution in [0.4, 0.5) is 0 Å². The standard InChI is InChI=1S/C19H33N3O3S/c1-3-26(24,25)22-12-8-18(9-13-22)6-7-19(15-20(2)14-16(18)19)17(23)21-10-4-5-11-21/h16H,3-15H2,1-2H3/t16-,19+/m0/s1. The molecule has 0 N–H and O–H groups in total. The van der Waals surface area contributed by atoms with E-state index in [-0.39, 0.29) is 16.6 Å². The van der Waals surface area contributed by atoms with E-state index in [2.05, 4.69) is 16.8 Å². The van der Waals surface area contributed by atoms with Crippen molar-refractivity contribution in [1.82, 2.24) is 14.1 Å². The first kappa shape index (κ1) is 18.7. The summed E-state index contributed by atoms with van der Waals surface area (Å²) in [4.78, 5) is 17.9. The molecule has 7 heteroatoms. The highest BCUT2D eigenvalue weighted by Gasteiger charge is 2.64. The van der Waals surface area contributed by atoms with Gasteiger partial charge in [-0.1, -0.05) is 0 Å². The van der Waals surface area contributed by atoms with Crippen molar-refractivity contribution in [2.75, 3.05) is 52.1 Å². The monoisotopic (exact) mass is 383 g/mol. The van der Waals surface area contributed by atoms with Gasteiger partial charge in [-0.05, 0) is 63.8 Å². The molecule has 3 saturated heterocycles. The van der Waals surface area contributed by atoms with Crippen LogP contribution in [0.2, 0.25) is 0 Å². The topological polar surface area (TPSA) is 60.9 Å². The molecule has 0 radical (unpaired) electrons. The molecule has 6 nitrogen and oxygen atoms in total. The van der Waals surface area contributed by atoms with Gasteiger partial charge < -0.3 is 9.80 Å². The molecule has 3 heterocycles. The van der Waals surface area contributed by atoms with Crippen molar-refractivity contribution < 1.29 is 13.2 Å². The summed E-state index contributed by atoms with van der Waals surface area (Å²) in [5.74, 6) is 0.966. The lowest BCUT2D eigenvalue weighted by Gasteiger charge is -2.44. The summed E-state index contributed by atoms with van der Waals surface area (Å²) < 4.78 is 26.2. The van der Waals surface area contributed by atoms with Crippen LogP contribution in [0.3, 0.4) is 0 Å². The molecule has 1 aliphatic carbocycles. The van der Waals surface area contributed by atoms with Crippen LogP contribution < -0.4 is 0 Å². The van der Waals surface area contributed by atoms with Gasteiger partial charge in [0, 0.05) is 39.3 Å². The maximum atomic E-state index is 13.5. The average Bonchev–Trinajstić information content (AvgIpc) is 3.33. The molecule has 0 aromatic rings. The van der Waals surface area contributed by atoms with Crippen molar-refractivity contribution in [3.8, 4) is 0 Å². The van der Waals surface area contributed by atoms with Crippen LogP contribution in [0.5, 0.6) is 0 Å². The van der Waals surface area contributed by atoms with E-state index in [1.807, 2.05) is 0 Å². The molecule has 4 rings (SSSR count). The maximum Gasteiger partial charge on any atom is 0.230 e. The third-order valence-corrected chi connectivity index (χ3v) is 9.70. The van der Waals surface area contributed by atoms with Crippen molar-refractivity contribution in [2.24, 2.45) is 16.7 Å². The van der Waals surface area contributed by atoms with Gasteiger partial charge in [0.25, 0.3) is 0 Å². The smallest absolute Gasteiger partial charge is 0.230 e. The van der Waals surface area contributed by atoms with E-state index in [4.69, 9.17) is 0 Å². The molecule has 1 saturated carbocycles. The molecule has 3 aliphatic heterocycles. The lowest BCUT2D eigenvalue weighted by molar-refractivity contribution is -0.142. The zero-order valence-electron chi connectivity index (χ0n) is 16.2. The molecule has 4 fully saturated rings. The second-order valence-corrected chi connectivity index (χ2v) is 11.3. The van der Waals surface area contributed by atoms with Gasteiger partial charge in [0.1, 0.15) is 0 Å². The Kier molecular flexibility index (Phi) is 4.64. The first-order valence-electron chi connectivity index (χ1n) is 10.3. The fourth-order valence-corrected chi connectivity index (χ4v) is 7.48. The van der Waals surface area contributed by atoms with Crippen LogP contribution in [0.25, 0.3) is 0 Å². The van der Waals surface area contributed by atoms with Crippen LogP contribution in [0, 0.1) is 16.7 Å². The minimum atomic E-state index is -3.10. The van der Waals surface area contributed by atoms with Gasteiger partial charge >= 0.3 is 0 Å². The summed E-state index contributed by atoms with van der Waals surface area (Å²) in [6, 6.07) is 0. The molecule has 0 unspecified atom stereocenters. The second kappa shape index (κ2) is 6.45. The predicted molar refractivity (Wildman–Crippen MR) is 101 cm³/mol. The summed E-state index contributed by atoms with van der Waals surface area (Å²) >= 11 is 0. The van der Waals surface area contributed by atoms with Crippen LogP contribution in [0.15, 0.2) is 0 Å². The van der Waals surface area contributed by atoms with E-state index in [0.717, 1.165) is 64.7 Å². The highest BCUT2D eigenvalue weighted by molar-refractivity contribution is 7.89. The number of amides is 1. The quantitative estimate of drug-likeness (QED) is 0.739. The highest BCUT2D eigenvalue weighted by Crippen LogP contribution is 2.62. The number of hydrogen-bond acceptors (Lipinski definition) is 4. The molecule has 0 bridgehead atoms. The first-order chi connectivity index (χ1) is 12.3. The van der Waals surface area contributed by atoms with Crippen molar-refractivity contribution in [3.63, 3.8) is 0 Å². The van der Waals surface area contributed by atoms with Crippen LogP contribution in [-0.4, -0.2) is 80.5 Å². The summed E-state index contributed by atoms with van der Waals surface area (Å²) in [6.45, 7) is 6.70. The Bertz CT molecular complexity index is 666. The minimum absolute atomic E-state index is 0.153. The number of hydrogen-bond donors (Lipinski definition) is 0. The third kappa shape index (κ3) is 2.73. The van der Waals surface area contributed by atoms with Gasteiger partial charge in [-0.25, -0.2) is 12.7 Å². The average molecular weight is 384 g/mol. The first-order valence-corrected chi connectivity index (χ1v) is 11.9. The Morgan fingerprint density at radius 1 is 1.04 bits per heavy atom. The Morgan fingerprint density at radius 3 is 2.31 bits per heavy atom. The van der Waals surface area contributed by atoms with E-state index < -0.39 is 10.0 Å². The third-order valence-electron chi connectivity index (χ3n) is 7.82. The Morgan fingerprint density at radius 2 is 1.69 bits per heavy atom. The fourth-order valence-electron chi connectivity index (χ4n) is 6.37. The SMILES string of the molecule is CCS(=O)(=O)N1CCC2(CC1)CC[C@@]1(C(=O)N3CCCC3)CN(C)C[C@@H]21. The predicted octanol–water partition coefficient (Wildman–Crippen LogP) is 1.38. The highest BCUT2D eigenvalue weighted by atomic mass is 32.2. The Hall–Kier alpha value is -0.660. The summed E-state index contributed by atoms with van der Waals surface area (Å²) in [5.41, 5.74) is -0.0647. The van der Waals surface area contributed by atoms with Crippen molar-refractivity contribution in [3.05, 3.63) is 0 Å². The van der Waals surface area contributed by atoms with Crippen LogP contribution >= 0.6 is 0 Å². The Balaban J connectivity index is 1.56. The largest absolute Gasteiger partial charge is 0.342 e. The van der Waals surface area contributed by atoms with E-state index in [1.54, 1.807) is 11.2 Å². The Labute approximate surface area is 157 Å². The number of likely N-dealkylation sites (tertiary alicyclic amines) is 2. The number of carbonyl (C=O) groups is 1. The summed E-state index contributed by atoms with van der Waals surface area (Å²) in [5, 5.41) is 0. The zero-order chi connectivity index (χ0) is 18.6. The molecule has 4 aliphatic rings. The van der Waals surface area contributed by atoms with Crippen LogP contribution in [0.1, 0.15) is 45.4 Å². The van der Waals surface area contributed by atoms with Gasteiger partial charge in [0.2, 0.25) is 15.9 Å². The normalized spacial score (nSPS) is 35.3. The van der Waals surface area contributed by atoms with Gasteiger partial charge in [-0.3, -0.25) is 4.79 Å². The lowest BCUT2D eigenvalue weighted by atomic mass is 9.66. The van der Waals surface area contributed by atoms with Crippen molar-refractivity contribution in [2.45, 2.75) is 45.4 Å². The number of nitrogens with zero attached hydrogens (tertiary/aromatic N) is 3. The van der Waals surface area contributed by atoms with Crippen molar-refractivity contribution >= 4 is 15.9 Å². The molecular formula is C19H33N3O3S. The second-order valence-electron chi connectivity index (χ2n) is 9.07. The number of fused-ring (bicyclic) bond motifs is 2. The summed E-state index contributed by atoms with van der Waals surface area (Å²) in [6.07, 6.45) is 6.18. The van der Waals surface area contributed by atoms with Gasteiger partial charge in [-0.15, -0.1) is 0 Å². The maximum absolute atomic E-state index is 13.5. The van der Waals surface area contributed by atoms with Crippen molar-refractivity contribution in [1.29, 1.82) is 0 Å². The van der Waals surface area contributed by atoms with Gasteiger partial charge in [0.05, 0.1) is 11.2 Å². The van der Waals surface area contributed by atoms with Gasteiger partial charge in [0.15, 0.2) is 0 Å². The van der Waals surface area contributed by atoms with E-state index in [0.29, 0.717) is 24.9 Å². The molecule has 1 spiro atoms. The zero-order valence-corrected chi connectivity index (χ0v) is 17.1. The molecule has 0 aromatic carbocycles. The number of sulfonamides is 1. The molecule has 2 atom stereocenters. The fraction of sp³-hybridized carbons (Fsp3) is 0.947. The molecular weight excluding hydrogens is 350 g/mol. The van der Waals surface area contributed by atoms with E-state index in [1.165, 1.54) is 0 Å².